The second-order valence-corrected chi connectivity index (χ2v) is 5.32. The summed E-state index contributed by atoms with van der Waals surface area (Å²) in [5.41, 5.74) is 5.20. The molecule has 0 aliphatic heterocycles. The smallest absolute Gasteiger partial charge is 0.412 e. The Balaban J connectivity index is 2.94. The lowest BCUT2D eigenvalue weighted by Crippen LogP contribution is -2.27. The minimum absolute atomic E-state index is 0.0555. The summed E-state index contributed by atoms with van der Waals surface area (Å²) in [7, 11) is 0. The summed E-state index contributed by atoms with van der Waals surface area (Å²) in [6.07, 6.45) is -0.531. The molecule has 0 spiro atoms. The molecular formula is C14H20N2O4. The number of phenols is 1. The van der Waals surface area contributed by atoms with E-state index in [1.54, 1.807) is 20.8 Å². The first-order valence-corrected chi connectivity index (χ1v) is 6.29. The standard InChI is InChI=1S/C14H20N2O4/c1-14(2,3)20-13(19)16-11-5-4-9(17)8-10(11)12(18)6-7-15/h4-5,8,17H,6-7,15H2,1-3H3,(H,16,19). The number of ether oxygens (including phenoxy) is 1. The van der Waals surface area contributed by atoms with Gasteiger partial charge in [-0.1, -0.05) is 0 Å². The molecule has 0 fully saturated rings. The number of nitrogens with two attached hydrogens (primary N) is 1. The van der Waals surface area contributed by atoms with Gasteiger partial charge in [-0.3, -0.25) is 10.1 Å². The second-order valence-electron chi connectivity index (χ2n) is 5.32. The van der Waals surface area contributed by atoms with E-state index in [0.717, 1.165) is 0 Å². The third kappa shape index (κ3) is 4.89. The van der Waals surface area contributed by atoms with Gasteiger partial charge in [-0.05, 0) is 45.5 Å². The van der Waals surface area contributed by atoms with Crippen molar-refractivity contribution in [3.05, 3.63) is 23.8 Å². The summed E-state index contributed by atoms with van der Waals surface area (Å²) < 4.78 is 5.12. The quantitative estimate of drug-likeness (QED) is 0.580. The number of anilines is 1. The average Bonchev–Trinajstić information content (AvgIpc) is 2.29. The normalized spacial score (nSPS) is 11.0. The van der Waals surface area contributed by atoms with Crippen molar-refractivity contribution in [2.75, 3.05) is 11.9 Å². The van der Waals surface area contributed by atoms with Crippen LogP contribution in [0.4, 0.5) is 10.5 Å². The van der Waals surface area contributed by atoms with Crippen molar-refractivity contribution in [1.29, 1.82) is 0 Å². The number of phenolic OH excluding ortho intramolecular Hbond substituents is 1. The minimum Gasteiger partial charge on any atom is -0.508 e. The maximum atomic E-state index is 11.9. The Morgan fingerprint density at radius 2 is 2.00 bits per heavy atom. The van der Waals surface area contributed by atoms with Gasteiger partial charge < -0.3 is 15.6 Å². The fourth-order valence-corrected chi connectivity index (χ4v) is 1.55. The van der Waals surface area contributed by atoms with Crippen LogP contribution in [-0.2, 0) is 4.74 Å². The molecule has 0 bridgehead atoms. The Bertz CT molecular complexity index is 506. The van der Waals surface area contributed by atoms with Crippen molar-refractivity contribution in [2.45, 2.75) is 32.8 Å². The van der Waals surface area contributed by atoms with Crippen LogP contribution in [0.5, 0.6) is 5.75 Å². The number of ketones is 1. The van der Waals surface area contributed by atoms with E-state index in [2.05, 4.69) is 5.32 Å². The van der Waals surface area contributed by atoms with Gasteiger partial charge >= 0.3 is 6.09 Å². The molecule has 4 N–H and O–H groups in total. The molecule has 1 aromatic carbocycles. The van der Waals surface area contributed by atoms with Crippen LogP contribution in [0.15, 0.2) is 18.2 Å². The highest BCUT2D eigenvalue weighted by Gasteiger charge is 2.19. The van der Waals surface area contributed by atoms with Crippen LogP contribution in [0.1, 0.15) is 37.6 Å². The summed E-state index contributed by atoms with van der Waals surface area (Å²) in [6, 6.07) is 4.12. The van der Waals surface area contributed by atoms with Gasteiger partial charge in [0.1, 0.15) is 11.4 Å². The van der Waals surface area contributed by atoms with E-state index in [1.807, 2.05) is 0 Å². The summed E-state index contributed by atoms with van der Waals surface area (Å²) in [5, 5.41) is 11.9. The van der Waals surface area contributed by atoms with E-state index in [9.17, 15) is 14.7 Å². The van der Waals surface area contributed by atoms with Gasteiger partial charge in [0.15, 0.2) is 5.78 Å². The molecule has 110 valence electrons. The molecule has 1 rings (SSSR count). The molecule has 0 atom stereocenters. The van der Waals surface area contributed by atoms with Crippen LogP contribution in [0.3, 0.4) is 0 Å². The highest BCUT2D eigenvalue weighted by molar-refractivity contribution is 6.04. The SMILES string of the molecule is CC(C)(C)OC(=O)Nc1ccc(O)cc1C(=O)CCN. The van der Waals surface area contributed by atoms with E-state index in [-0.39, 0.29) is 35.7 Å². The fraction of sp³-hybridized carbons (Fsp3) is 0.429. The molecule has 20 heavy (non-hydrogen) atoms. The maximum Gasteiger partial charge on any atom is 0.412 e. The Morgan fingerprint density at radius 3 is 2.55 bits per heavy atom. The summed E-state index contributed by atoms with van der Waals surface area (Å²) in [6.45, 7) is 5.41. The molecule has 1 aromatic rings. The first kappa shape index (κ1) is 16.0. The molecular weight excluding hydrogens is 260 g/mol. The number of nitrogens with one attached hydrogen (secondary N) is 1. The fourth-order valence-electron chi connectivity index (χ4n) is 1.55. The molecule has 0 aliphatic carbocycles. The van der Waals surface area contributed by atoms with Crippen molar-refractivity contribution in [2.24, 2.45) is 5.73 Å². The Labute approximate surface area is 117 Å². The molecule has 0 aliphatic rings. The molecule has 0 radical (unpaired) electrons. The summed E-state index contributed by atoms with van der Waals surface area (Å²) in [5.74, 6) is -0.311. The van der Waals surface area contributed by atoms with Crippen molar-refractivity contribution >= 4 is 17.6 Å². The number of rotatable bonds is 4. The van der Waals surface area contributed by atoms with E-state index in [4.69, 9.17) is 10.5 Å². The number of benzene rings is 1. The first-order valence-electron chi connectivity index (χ1n) is 6.29. The number of amides is 1. The number of aromatic hydroxyl groups is 1. The minimum atomic E-state index is -0.662. The number of carbonyl (C=O) groups excluding carboxylic acids is 2. The van der Waals surface area contributed by atoms with Gasteiger partial charge in [0, 0.05) is 12.0 Å². The van der Waals surface area contributed by atoms with Crippen molar-refractivity contribution in [3.63, 3.8) is 0 Å². The Morgan fingerprint density at radius 1 is 1.35 bits per heavy atom. The number of Topliss-reactive ketones (excluding diaryl/α,β-unsaturated/α-hetero) is 1. The lowest BCUT2D eigenvalue weighted by molar-refractivity contribution is 0.0636. The second kappa shape index (κ2) is 6.38. The monoisotopic (exact) mass is 280 g/mol. The third-order valence-corrected chi connectivity index (χ3v) is 2.31. The Hall–Kier alpha value is -2.08. The number of hydrogen-bond acceptors (Lipinski definition) is 5. The van der Waals surface area contributed by atoms with E-state index < -0.39 is 11.7 Å². The van der Waals surface area contributed by atoms with Crippen LogP contribution in [-0.4, -0.2) is 29.1 Å². The van der Waals surface area contributed by atoms with Crippen molar-refractivity contribution < 1.29 is 19.4 Å². The first-order chi connectivity index (χ1) is 9.23. The summed E-state index contributed by atoms with van der Waals surface area (Å²) in [4.78, 5) is 23.6. The molecule has 0 unspecified atom stereocenters. The lowest BCUT2D eigenvalue weighted by Gasteiger charge is -2.20. The molecule has 6 nitrogen and oxygen atoms in total. The van der Waals surface area contributed by atoms with Crippen LogP contribution in [0.25, 0.3) is 0 Å². The molecule has 0 saturated heterocycles. The van der Waals surface area contributed by atoms with Gasteiger partial charge in [-0.15, -0.1) is 0 Å². The predicted molar refractivity (Wildman–Crippen MR) is 76.0 cm³/mol. The van der Waals surface area contributed by atoms with E-state index >= 15 is 0 Å². The van der Waals surface area contributed by atoms with Crippen LogP contribution >= 0.6 is 0 Å². The zero-order chi connectivity index (χ0) is 15.3. The number of hydrogen-bond donors (Lipinski definition) is 3. The van der Waals surface area contributed by atoms with Crippen LogP contribution in [0.2, 0.25) is 0 Å². The molecule has 0 saturated carbocycles. The van der Waals surface area contributed by atoms with Gasteiger partial charge in [-0.25, -0.2) is 4.79 Å². The maximum absolute atomic E-state index is 11.9. The van der Waals surface area contributed by atoms with Gasteiger partial charge in [0.25, 0.3) is 0 Å². The molecule has 0 aromatic heterocycles. The zero-order valence-corrected chi connectivity index (χ0v) is 11.9. The Kier molecular flexibility index (Phi) is 5.10. The highest BCUT2D eigenvalue weighted by Crippen LogP contribution is 2.23. The average molecular weight is 280 g/mol. The third-order valence-electron chi connectivity index (χ3n) is 2.31. The molecule has 6 heteroatoms. The van der Waals surface area contributed by atoms with Gasteiger partial charge in [0.05, 0.1) is 5.69 Å². The number of carbonyl (C=O) groups is 2. The lowest BCUT2D eigenvalue weighted by atomic mass is 10.1. The predicted octanol–water partition coefficient (Wildman–Crippen LogP) is 2.27. The molecule has 0 heterocycles. The molecule has 1 amide bonds. The van der Waals surface area contributed by atoms with Crippen molar-refractivity contribution in [1.82, 2.24) is 0 Å². The van der Waals surface area contributed by atoms with Gasteiger partial charge in [-0.2, -0.15) is 0 Å². The van der Waals surface area contributed by atoms with E-state index in [0.29, 0.717) is 0 Å². The zero-order valence-electron chi connectivity index (χ0n) is 11.9. The van der Waals surface area contributed by atoms with Gasteiger partial charge in [0.2, 0.25) is 0 Å². The largest absolute Gasteiger partial charge is 0.508 e. The topological polar surface area (TPSA) is 102 Å². The van der Waals surface area contributed by atoms with Crippen LogP contribution in [0, 0.1) is 0 Å². The highest BCUT2D eigenvalue weighted by atomic mass is 16.6. The summed E-state index contributed by atoms with van der Waals surface area (Å²) >= 11 is 0. The van der Waals surface area contributed by atoms with Crippen molar-refractivity contribution in [3.8, 4) is 5.75 Å². The van der Waals surface area contributed by atoms with E-state index in [1.165, 1.54) is 18.2 Å². The van der Waals surface area contributed by atoms with Crippen LogP contribution < -0.4 is 11.1 Å².